The number of carbonyl (C=O) groups excluding carboxylic acids is 2. The van der Waals surface area contributed by atoms with E-state index in [-0.39, 0.29) is 37.3 Å². The lowest BCUT2D eigenvalue weighted by Crippen LogP contribution is -2.36. The summed E-state index contributed by atoms with van der Waals surface area (Å²) in [5.41, 5.74) is 7.18. The lowest BCUT2D eigenvalue weighted by molar-refractivity contribution is -0.123. The third kappa shape index (κ3) is 7.07. The van der Waals surface area contributed by atoms with Crippen LogP contribution in [-0.4, -0.2) is 24.9 Å². The van der Waals surface area contributed by atoms with Gasteiger partial charge in [0.1, 0.15) is 0 Å². The zero-order valence-electron chi connectivity index (χ0n) is 14.8. The number of nitrogens with two attached hydrogens (primary N) is 1. The van der Waals surface area contributed by atoms with Crippen molar-refractivity contribution in [1.29, 1.82) is 0 Å². The SMILES string of the molecule is CC(C)c1ccc(Sc2ccc(NC(=O)CNC(=O)CN)cc2)cc1.Cl. The van der Waals surface area contributed by atoms with Crippen molar-refractivity contribution in [1.82, 2.24) is 5.32 Å². The van der Waals surface area contributed by atoms with Gasteiger partial charge in [0.2, 0.25) is 11.8 Å². The van der Waals surface area contributed by atoms with Crippen molar-refractivity contribution in [3.63, 3.8) is 0 Å². The van der Waals surface area contributed by atoms with Crippen LogP contribution in [-0.2, 0) is 9.59 Å². The van der Waals surface area contributed by atoms with Crippen molar-refractivity contribution in [2.45, 2.75) is 29.6 Å². The van der Waals surface area contributed by atoms with Gasteiger partial charge in [0.05, 0.1) is 13.1 Å². The molecule has 0 aliphatic heterocycles. The lowest BCUT2D eigenvalue weighted by Gasteiger charge is -2.08. The van der Waals surface area contributed by atoms with Crippen LogP contribution in [0, 0.1) is 0 Å². The number of rotatable bonds is 7. The highest BCUT2D eigenvalue weighted by molar-refractivity contribution is 7.99. The molecule has 0 spiro atoms. The highest BCUT2D eigenvalue weighted by atomic mass is 35.5. The Kier molecular flexibility index (Phi) is 9.19. The third-order valence-electron chi connectivity index (χ3n) is 3.55. The maximum atomic E-state index is 11.7. The Bertz CT molecular complexity index is 719. The van der Waals surface area contributed by atoms with Crippen molar-refractivity contribution >= 4 is 41.7 Å². The molecule has 7 heteroatoms. The summed E-state index contributed by atoms with van der Waals surface area (Å²) in [4.78, 5) is 25.0. The number of hydrogen-bond donors (Lipinski definition) is 3. The van der Waals surface area contributed by atoms with Crippen molar-refractivity contribution < 1.29 is 9.59 Å². The number of nitrogens with one attached hydrogen (secondary N) is 2. The van der Waals surface area contributed by atoms with Gasteiger partial charge in [-0.25, -0.2) is 0 Å². The van der Waals surface area contributed by atoms with E-state index < -0.39 is 0 Å². The van der Waals surface area contributed by atoms with E-state index >= 15 is 0 Å². The third-order valence-corrected chi connectivity index (χ3v) is 4.57. The van der Waals surface area contributed by atoms with E-state index in [1.54, 1.807) is 11.8 Å². The zero-order valence-corrected chi connectivity index (χ0v) is 16.5. The van der Waals surface area contributed by atoms with Crippen LogP contribution in [0.5, 0.6) is 0 Å². The highest BCUT2D eigenvalue weighted by Crippen LogP contribution is 2.29. The molecule has 0 radical (unpaired) electrons. The normalized spacial score (nSPS) is 10.2. The summed E-state index contributed by atoms with van der Waals surface area (Å²) in [6, 6.07) is 16.1. The molecule has 0 heterocycles. The summed E-state index contributed by atoms with van der Waals surface area (Å²) in [6.07, 6.45) is 0. The molecule has 2 aromatic rings. The summed E-state index contributed by atoms with van der Waals surface area (Å²) in [7, 11) is 0. The van der Waals surface area contributed by atoms with Crippen LogP contribution in [0.25, 0.3) is 0 Å². The van der Waals surface area contributed by atoms with E-state index in [0.717, 1.165) is 4.90 Å². The quantitative estimate of drug-likeness (QED) is 0.673. The fourth-order valence-corrected chi connectivity index (χ4v) is 2.94. The van der Waals surface area contributed by atoms with Gasteiger partial charge in [0, 0.05) is 15.5 Å². The van der Waals surface area contributed by atoms with Gasteiger partial charge in [-0.3, -0.25) is 9.59 Å². The standard InChI is InChI=1S/C19H23N3O2S.ClH/c1-13(2)14-3-7-16(8-4-14)25-17-9-5-15(6-10-17)22-19(24)12-21-18(23)11-20;/h3-10,13H,11-12,20H2,1-2H3,(H,21,23)(H,22,24);1H. The van der Waals surface area contributed by atoms with Crippen LogP contribution in [0.2, 0.25) is 0 Å². The topological polar surface area (TPSA) is 84.2 Å². The molecule has 0 aliphatic carbocycles. The minimum atomic E-state index is -0.356. The summed E-state index contributed by atoms with van der Waals surface area (Å²) in [5, 5.41) is 5.16. The fourth-order valence-electron chi connectivity index (χ4n) is 2.12. The Morgan fingerprint density at radius 2 is 1.50 bits per heavy atom. The Balaban J connectivity index is 0.00000338. The summed E-state index contributed by atoms with van der Waals surface area (Å²) >= 11 is 1.67. The van der Waals surface area contributed by atoms with Crippen molar-refractivity contribution in [2.75, 3.05) is 18.4 Å². The minimum Gasteiger partial charge on any atom is -0.346 e. The maximum absolute atomic E-state index is 11.7. The lowest BCUT2D eigenvalue weighted by atomic mass is 10.0. The van der Waals surface area contributed by atoms with E-state index in [9.17, 15) is 9.59 Å². The molecule has 5 nitrogen and oxygen atoms in total. The second-order valence-corrected chi connectivity index (χ2v) is 7.03. The molecule has 2 rings (SSSR count). The van der Waals surface area contributed by atoms with Crippen LogP contribution in [0.4, 0.5) is 5.69 Å². The van der Waals surface area contributed by atoms with Gasteiger partial charge < -0.3 is 16.4 Å². The van der Waals surface area contributed by atoms with Gasteiger partial charge in [-0.15, -0.1) is 12.4 Å². The van der Waals surface area contributed by atoms with Crippen LogP contribution in [0.15, 0.2) is 58.3 Å². The zero-order chi connectivity index (χ0) is 18.2. The monoisotopic (exact) mass is 393 g/mol. The number of anilines is 1. The molecule has 0 bridgehead atoms. The van der Waals surface area contributed by atoms with Gasteiger partial charge in [-0.05, 0) is 47.9 Å². The molecular formula is C19H24ClN3O2S. The Hall–Kier alpha value is -2.02. The Morgan fingerprint density at radius 1 is 0.962 bits per heavy atom. The number of amides is 2. The molecule has 0 fully saturated rings. The smallest absolute Gasteiger partial charge is 0.243 e. The van der Waals surface area contributed by atoms with E-state index in [2.05, 4.69) is 48.7 Å². The minimum absolute atomic E-state index is 0. The largest absolute Gasteiger partial charge is 0.346 e. The molecule has 0 atom stereocenters. The predicted octanol–water partition coefficient (Wildman–Crippen LogP) is 3.40. The number of benzene rings is 2. The van der Waals surface area contributed by atoms with Gasteiger partial charge in [0.15, 0.2) is 0 Å². The van der Waals surface area contributed by atoms with Crippen molar-refractivity contribution in [3.05, 3.63) is 54.1 Å². The maximum Gasteiger partial charge on any atom is 0.243 e. The first-order valence-electron chi connectivity index (χ1n) is 8.12. The molecule has 0 saturated carbocycles. The van der Waals surface area contributed by atoms with E-state index in [1.165, 1.54) is 10.5 Å². The average Bonchev–Trinajstić information content (AvgIpc) is 2.61. The van der Waals surface area contributed by atoms with Crippen molar-refractivity contribution in [3.8, 4) is 0 Å². The van der Waals surface area contributed by atoms with Crippen LogP contribution in [0.3, 0.4) is 0 Å². The number of carbonyl (C=O) groups is 2. The van der Waals surface area contributed by atoms with E-state index in [4.69, 9.17) is 5.73 Å². The first kappa shape index (κ1) is 22.0. The van der Waals surface area contributed by atoms with Gasteiger partial charge >= 0.3 is 0 Å². The molecule has 140 valence electrons. The summed E-state index contributed by atoms with van der Waals surface area (Å²) in [5.74, 6) is -0.117. The second kappa shape index (κ2) is 10.9. The number of hydrogen-bond acceptors (Lipinski definition) is 4. The van der Waals surface area contributed by atoms with Gasteiger partial charge in [0.25, 0.3) is 0 Å². The molecular weight excluding hydrogens is 370 g/mol. The van der Waals surface area contributed by atoms with E-state index in [0.29, 0.717) is 11.6 Å². The fraction of sp³-hybridized carbons (Fsp3) is 0.263. The predicted molar refractivity (Wildman–Crippen MR) is 109 cm³/mol. The first-order chi connectivity index (χ1) is 12.0. The summed E-state index contributed by atoms with van der Waals surface area (Å²) in [6.45, 7) is 4.14. The molecule has 26 heavy (non-hydrogen) atoms. The molecule has 4 N–H and O–H groups in total. The van der Waals surface area contributed by atoms with E-state index in [1.807, 2.05) is 24.3 Å². The highest BCUT2D eigenvalue weighted by Gasteiger charge is 2.05. The van der Waals surface area contributed by atoms with Crippen LogP contribution in [0.1, 0.15) is 25.3 Å². The molecule has 0 aliphatic rings. The second-order valence-electron chi connectivity index (χ2n) is 5.88. The van der Waals surface area contributed by atoms with Gasteiger partial charge in [-0.1, -0.05) is 37.7 Å². The molecule has 0 unspecified atom stereocenters. The molecule has 0 aromatic heterocycles. The molecule has 2 amide bonds. The number of halogens is 1. The average molecular weight is 394 g/mol. The van der Waals surface area contributed by atoms with Crippen molar-refractivity contribution in [2.24, 2.45) is 5.73 Å². The van der Waals surface area contributed by atoms with Gasteiger partial charge in [-0.2, -0.15) is 0 Å². The molecule has 0 saturated heterocycles. The molecule has 2 aromatic carbocycles. The first-order valence-corrected chi connectivity index (χ1v) is 8.94. The van der Waals surface area contributed by atoms with Crippen LogP contribution >= 0.6 is 24.2 Å². The van der Waals surface area contributed by atoms with Crippen LogP contribution < -0.4 is 16.4 Å². The Labute approximate surface area is 164 Å². The summed E-state index contributed by atoms with van der Waals surface area (Å²) < 4.78 is 0. The Morgan fingerprint density at radius 3 is 2.00 bits per heavy atom.